The minimum Gasteiger partial charge on any atom is -0.481 e. The van der Waals surface area contributed by atoms with Gasteiger partial charge in [0.2, 0.25) is 10.0 Å². The van der Waals surface area contributed by atoms with Crippen LogP contribution >= 0.6 is 11.8 Å². The zero-order chi connectivity index (χ0) is 17.9. The quantitative estimate of drug-likeness (QED) is 0.751. The van der Waals surface area contributed by atoms with Gasteiger partial charge in [-0.05, 0) is 6.07 Å². The van der Waals surface area contributed by atoms with Crippen molar-refractivity contribution >= 4 is 33.7 Å². The van der Waals surface area contributed by atoms with Crippen LogP contribution in [0.25, 0.3) is 0 Å². The Kier molecular flexibility index (Phi) is 5.94. The van der Waals surface area contributed by atoms with E-state index in [-0.39, 0.29) is 17.1 Å². The standard InChI is InChI=1S/C14H21N3O5S2/c1-10(14(19)20)9-16(2)13(18)12-7-11(8-15-12)24(21,22)17-3-5-23-6-4-17/h7-8,10,15H,3-6,9H2,1-2H3,(H,19,20). The molecule has 8 nitrogen and oxygen atoms in total. The Labute approximate surface area is 145 Å². The van der Waals surface area contributed by atoms with Crippen LogP contribution in [0.2, 0.25) is 0 Å². The monoisotopic (exact) mass is 375 g/mol. The number of nitrogens with zero attached hydrogens (tertiary/aromatic N) is 2. The highest BCUT2D eigenvalue weighted by Gasteiger charge is 2.28. The van der Waals surface area contributed by atoms with Gasteiger partial charge in [0.25, 0.3) is 5.91 Å². The lowest BCUT2D eigenvalue weighted by Gasteiger charge is -2.24. The first-order valence-corrected chi connectivity index (χ1v) is 10.1. The van der Waals surface area contributed by atoms with E-state index in [9.17, 15) is 18.0 Å². The lowest BCUT2D eigenvalue weighted by atomic mass is 10.2. The lowest BCUT2D eigenvalue weighted by molar-refractivity contribution is -0.141. The number of hydrogen-bond donors (Lipinski definition) is 2. The van der Waals surface area contributed by atoms with Crippen molar-refractivity contribution in [3.8, 4) is 0 Å². The Bertz CT molecular complexity index is 710. The van der Waals surface area contributed by atoms with Crippen molar-refractivity contribution in [1.82, 2.24) is 14.2 Å². The fourth-order valence-corrected chi connectivity index (χ4v) is 4.93. The highest BCUT2D eigenvalue weighted by atomic mass is 32.2. The van der Waals surface area contributed by atoms with Crippen molar-refractivity contribution in [3.63, 3.8) is 0 Å². The molecule has 0 spiro atoms. The Balaban J connectivity index is 2.11. The normalized spacial score (nSPS) is 17.4. The van der Waals surface area contributed by atoms with E-state index in [0.29, 0.717) is 13.1 Å². The van der Waals surface area contributed by atoms with Gasteiger partial charge in [0.15, 0.2) is 0 Å². The van der Waals surface area contributed by atoms with Crippen LogP contribution in [-0.4, -0.2) is 77.8 Å². The van der Waals surface area contributed by atoms with Crippen molar-refractivity contribution in [2.45, 2.75) is 11.8 Å². The summed E-state index contributed by atoms with van der Waals surface area (Å²) in [6.07, 6.45) is 1.30. The molecule has 1 atom stereocenters. The van der Waals surface area contributed by atoms with E-state index in [1.165, 1.54) is 35.4 Å². The van der Waals surface area contributed by atoms with Gasteiger partial charge in [0.05, 0.1) is 5.92 Å². The SMILES string of the molecule is CC(CN(C)C(=O)c1cc(S(=O)(=O)N2CCSCC2)c[nH]1)C(=O)O. The summed E-state index contributed by atoms with van der Waals surface area (Å²) in [4.78, 5) is 27.2. The van der Waals surface area contributed by atoms with E-state index >= 15 is 0 Å². The number of sulfonamides is 1. The van der Waals surface area contributed by atoms with Gasteiger partial charge in [-0.3, -0.25) is 9.59 Å². The molecule has 1 amide bonds. The van der Waals surface area contributed by atoms with Crippen molar-refractivity contribution in [1.29, 1.82) is 0 Å². The molecular weight excluding hydrogens is 354 g/mol. The molecule has 24 heavy (non-hydrogen) atoms. The summed E-state index contributed by atoms with van der Waals surface area (Å²) < 4.78 is 26.5. The molecule has 0 aliphatic carbocycles. The summed E-state index contributed by atoms with van der Waals surface area (Å²) in [7, 11) is -2.13. The molecule has 0 bridgehead atoms. The smallest absolute Gasteiger partial charge is 0.308 e. The van der Waals surface area contributed by atoms with Crippen molar-refractivity contribution in [3.05, 3.63) is 18.0 Å². The summed E-state index contributed by atoms with van der Waals surface area (Å²) in [5, 5.41) is 8.91. The van der Waals surface area contributed by atoms with Gasteiger partial charge in [-0.2, -0.15) is 16.1 Å². The summed E-state index contributed by atoms with van der Waals surface area (Å²) in [5.74, 6) is -0.634. The average Bonchev–Trinajstić information content (AvgIpc) is 3.05. The van der Waals surface area contributed by atoms with Gasteiger partial charge in [0, 0.05) is 44.4 Å². The molecule has 10 heteroatoms. The molecule has 1 aromatic heterocycles. The number of thioether (sulfide) groups is 1. The van der Waals surface area contributed by atoms with Crippen molar-refractivity contribution in [2.24, 2.45) is 5.92 Å². The second kappa shape index (κ2) is 7.58. The summed E-state index contributed by atoms with van der Waals surface area (Å²) in [6.45, 7) is 2.46. The Morgan fingerprint density at radius 3 is 2.62 bits per heavy atom. The molecule has 1 aliphatic rings. The van der Waals surface area contributed by atoms with Crippen molar-refractivity contribution < 1.29 is 23.1 Å². The Morgan fingerprint density at radius 2 is 2.04 bits per heavy atom. The molecule has 2 rings (SSSR count). The van der Waals surface area contributed by atoms with Crippen LogP contribution in [0.1, 0.15) is 17.4 Å². The predicted molar refractivity (Wildman–Crippen MR) is 90.6 cm³/mol. The third-order valence-electron chi connectivity index (χ3n) is 3.81. The van der Waals surface area contributed by atoms with Crippen LogP contribution in [0.4, 0.5) is 0 Å². The van der Waals surface area contributed by atoms with Gasteiger partial charge in [0.1, 0.15) is 10.6 Å². The third kappa shape index (κ3) is 4.11. The number of carboxylic acids is 1. The molecular formula is C14H21N3O5S2. The van der Waals surface area contributed by atoms with Crippen LogP contribution in [0.5, 0.6) is 0 Å². The number of hydrogen-bond acceptors (Lipinski definition) is 5. The molecule has 2 N–H and O–H groups in total. The number of aromatic nitrogens is 1. The molecule has 1 saturated heterocycles. The van der Waals surface area contributed by atoms with E-state index < -0.39 is 27.8 Å². The van der Waals surface area contributed by atoms with Crippen LogP contribution in [0.3, 0.4) is 0 Å². The molecule has 0 aromatic carbocycles. The number of nitrogens with one attached hydrogen (secondary N) is 1. The first-order chi connectivity index (χ1) is 11.2. The highest BCUT2D eigenvalue weighted by molar-refractivity contribution is 7.99. The fourth-order valence-electron chi connectivity index (χ4n) is 2.36. The van der Waals surface area contributed by atoms with Gasteiger partial charge in [-0.25, -0.2) is 8.42 Å². The Morgan fingerprint density at radius 1 is 1.42 bits per heavy atom. The van der Waals surface area contributed by atoms with Gasteiger partial charge in [-0.15, -0.1) is 0 Å². The molecule has 0 radical (unpaired) electrons. The third-order valence-corrected chi connectivity index (χ3v) is 6.63. The molecule has 1 unspecified atom stereocenters. The molecule has 0 saturated carbocycles. The van der Waals surface area contributed by atoms with Crippen LogP contribution in [0, 0.1) is 5.92 Å². The number of rotatable bonds is 6. The van der Waals surface area contributed by atoms with Crippen LogP contribution < -0.4 is 0 Å². The second-order valence-corrected chi connectivity index (χ2v) is 8.85. The first-order valence-electron chi connectivity index (χ1n) is 7.48. The van der Waals surface area contributed by atoms with Gasteiger partial charge in [-0.1, -0.05) is 6.92 Å². The van der Waals surface area contributed by atoms with E-state index in [1.807, 2.05) is 0 Å². The summed E-state index contributed by atoms with van der Waals surface area (Å²) in [6, 6.07) is 1.31. The minimum atomic E-state index is -3.61. The summed E-state index contributed by atoms with van der Waals surface area (Å²) >= 11 is 1.71. The first kappa shape index (κ1) is 18.8. The van der Waals surface area contributed by atoms with E-state index in [0.717, 1.165) is 11.5 Å². The largest absolute Gasteiger partial charge is 0.481 e. The number of aliphatic carboxylic acids is 1. The van der Waals surface area contributed by atoms with E-state index in [4.69, 9.17) is 5.11 Å². The zero-order valence-electron chi connectivity index (χ0n) is 13.6. The number of carboxylic acid groups (broad SMARTS) is 1. The maximum absolute atomic E-state index is 12.6. The summed E-state index contributed by atoms with van der Waals surface area (Å²) in [5.41, 5.74) is 0.125. The Hall–Kier alpha value is -1.52. The molecule has 1 aliphatic heterocycles. The minimum absolute atomic E-state index is 0.0403. The van der Waals surface area contributed by atoms with Gasteiger partial charge < -0.3 is 15.0 Å². The van der Waals surface area contributed by atoms with Crippen LogP contribution in [-0.2, 0) is 14.8 Å². The maximum atomic E-state index is 12.6. The van der Waals surface area contributed by atoms with Crippen LogP contribution in [0.15, 0.2) is 17.2 Å². The highest BCUT2D eigenvalue weighted by Crippen LogP contribution is 2.21. The van der Waals surface area contributed by atoms with Crippen molar-refractivity contribution in [2.75, 3.05) is 38.2 Å². The van der Waals surface area contributed by atoms with E-state index in [2.05, 4.69) is 4.98 Å². The number of carbonyl (C=O) groups excluding carboxylic acids is 1. The zero-order valence-corrected chi connectivity index (χ0v) is 15.2. The lowest BCUT2D eigenvalue weighted by Crippen LogP contribution is -2.37. The molecule has 134 valence electrons. The second-order valence-electron chi connectivity index (χ2n) is 5.69. The van der Waals surface area contributed by atoms with Gasteiger partial charge >= 0.3 is 5.97 Å². The fraction of sp³-hybridized carbons (Fsp3) is 0.571. The molecule has 1 fully saturated rings. The number of carbonyl (C=O) groups is 2. The number of aromatic amines is 1. The van der Waals surface area contributed by atoms with E-state index in [1.54, 1.807) is 11.8 Å². The number of H-pyrrole nitrogens is 1. The average molecular weight is 375 g/mol. The maximum Gasteiger partial charge on any atom is 0.308 e. The topological polar surface area (TPSA) is 111 Å². The molecule has 2 heterocycles. The predicted octanol–water partition coefficient (Wildman–Crippen LogP) is 0.545. The number of amides is 1. The molecule has 1 aromatic rings.